The number of benzene rings is 1. The van der Waals surface area contributed by atoms with Crippen molar-refractivity contribution in [1.29, 1.82) is 0 Å². The molecule has 1 atom stereocenters. The number of aryl methyl sites for hydroxylation is 1. The van der Waals surface area contributed by atoms with Gasteiger partial charge in [0.1, 0.15) is 0 Å². The van der Waals surface area contributed by atoms with Gasteiger partial charge in [-0.1, -0.05) is 44.2 Å². The van der Waals surface area contributed by atoms with Crippen LogP contribution in [0.5, 0.6) is 0 Å². The molecule has 1 aromatic carbocycles. The minimum Gasteiger partial charge on any atom is -0.341 e. The summed E-state index contributed by atoms with van der Waals surface area (Å²) in [6.07, 6.45) is 0.155. The van der Waals surface area contributed by atoms with Gasteiger partial charge < -0.3 is 10.00 Å². The summed E-state index contributed by atoms with van der Waals surface area (Å²) in [6, 6.07) is 10.3. The first-order valence-corrected chi connectivity index (χ1v) is 7.97. The van der Waals surface area contributed by atoms with Crippen molar-refractivity contribution in [2.45, 2.75) is 33.1 Å². The van der Waals surface area contributed by atoms with Crippen LogP contribution in [0.1, 0.15) is 36.6 Å². The molecule has 2 aromatic rings. The molecule has 2 N–H and O–H groups in total. The van der Waals surface area contributed by atoms with E-state index in [0.717, 1.165) is 5.69 Å². The Morgan fingerprint density at radius 2 is 1.96 bits per heavy atom. The summed E-state index contributed by atoms with van der Waals surface area (Å²) in [6.45, 7) is 7.63. The van der Waals surface area contributed by atoms with Crippen LogP contribution in [0.4, 0.5) is 0 Å². The van der Waals surface area contributed by atoms with E-state index in [1.807, 2.05) is 23.1 Å². The van der Waals surface area contributed by atoms with Gasteiger partial charge in [-0.2, -0.15) is 0 Å². The van der Waals surface area contributed by atoms with Gasteiger partial charge in [-0.3, -0.25) is 14.7 Å². The fraction of sp³-hybridized carbons (Fsp3) is 0.444. The van der Waals surface area contributed by atoms with Crippen molar-refractivity contribution in [2.75, 3.05) is 13.1 Å². The third kappa shape index (κ3) is 2.96. The van der Waals surface area contributed by atoms with E-state index < -0.39 is 0 Å². The Kier molecular flexibility index (Phi) is 3.88. The highest BCUT2D eigenvalue weighted by Gasteiger charge is 2.41. The van der Waals surface area contributed by atoms with Crippen molar-refractivity contribution >= 4 is 5.91 Å². The zero-order chi connectivity index (χ0) is 16.6. The highest BCUT2D eigenvalue weighted by atomic mass is 16.2. The van der Waals surface area contributed by atoms with Gasteiger partial charge >= 0.3 is 0 Å². The van der Waals surface area contributed by atoms with Crippen LogP contribution in [0.25, 0.3) is 0 Å². The predicted octanol–water partition coefficient (Wildman–Crippen LogP) is 2.21. The van der Waals surface area contributed by atoms with Crippen molar-refractivity contribution in [3.05, 3.63) is 57.5 Å². The molecule has 5 heteroatoms. The molecule has 1 aromatic heterocycles. The lowest BCUT2D eigenvalue weighted by Crippen LogP contribution is -2.32. The van der Waals surface area contributed by atoms with Gasteiger partial charge in [0, 0.05) is 30.3 Å². The van der Waals surface area contributed by atoms with Crippen LogP contribution in [-0.4, -0.2) is 34.1 Å². The highest BCUT2D eigenvalue weighted by molar-refractivity contribution is 5.79. The molecular weight excluding hydrogens is 290 g/mol. The number of amides is 1. The molecule has 1 fully saturated rings. The lowest BCUT2D eigenvalue weighted by atomic mass is 9.78. The second kappa shape index (κ2) is 5.72. The Morgan fingerprint density at radius 3 is 2.57 bits per heavy atom. The topological polar surface area (TPSA) is 69.0 Å². The number of nitrogens with one attached hydrogen (secondary N) is 2. The monoisotopic (exact) mass is 313 g/mol. The molecule has 1 saturated heterocycles. The molecule has 0 spiro atoms. The van der Waals surface area contributed by atoms with Crippen LogP contribution in [0.15, 0.2) is 35.1 Å². The summed E-state index contributed by atoms with van der Waals surface area (Å²) in [4.78, 5) is 26.3. The van der Waals surface area contributed by atoms with Gasteiger partial charge in [0.25, 0.3) is 5.56 Å². The van der Waals surface area contributed by atoms with Crippen LogP contribution in [0.2, 0.25) is 0 Å². The second-order valence-electron chi connectivity index (χ2n) is 7.09. The quantitative estimate of drug-likeness (QED) is 0.912. The molecule has 23 heavy (non-hydrogen) atoms. The average Bonchev–Trinajstić information content (AvgIpc) is 3.01. The average molecular weight is 313 g/mol. The Labute approximate surface area is 135 Å². The zero-order valence-electron chi connectivity index (χ0n) is 13.8. The maximum Gasteiger partial charge on any atom is 0.267 e. The zero-order valence-corrected chi connectivity index (χ0v) is 13.8. The lowest BCUT2D eigenvalue weighted by Gasteiger charge is -2.25. The first-order valence-electron chi connectivity index (χ1n) is 7.97. The molecule has 2 heterocycles. The van der Waals surface area contributed by atoms with E-state index in [-0.39, 0.29) is 23.3 Å². The summed E-state index contributed by atoms with van der Waals surface area (Å²) in [5, 5.41) is 5.31. The molecule has 1 amide bonds. The largest absolute Gasteiger partial charge is 0.341 e. The Bertz CT molecular complexity index is 758. The van der Waals surface area contributed by atoms with E-state index in [0.29, 0.717) is 24.6 Å². The normalized spacial score (nSPS) is 20.0. The number of nitrogens with zero attached hydrogens (tertiary/aromatic N) is 1. The number of H-pyrrole nitrogens is 2. The number of hydrogen-bond acceptors (Lipinski definition) is 2. The summed E-state index contributed by atoms with van der Waals surface area (Å²) in [5.41, 5.74) is 2.37. The van der Waals surface area contributed by atoms with Gasteiger partial charge in [-0.25, -0.2) is 0 Å². The lowest BCUT2D eigenvalue weighted by molar-refractivity contribution is -0.129. The van der Waals surface area contributed by atoms with Crippen LogP contribution >= 0.6 is 0 Å². The minimum absolute atomic E-state index is 0.0182. The van der Waals surface area contributed by atoms with Crippen LogP contribution in [0.3, 0.4) is 0 Å². The van der Waals surface area contributed by atoms with E-state index >= 15 is 0 Å². The van der Waals surface area contributed by atoms with Crippen molar-refractivity contribution in [2.24, 2.45) is 5.41 Å². The number of likely N-dealkylation sites (tertiary alicyclic amines) is 1. The van der Waals surface area contributed by atoms with Crippen molar-refractivity contribution in [3.63, 3.8) is 0 Å². The van der Waals surface area contributed by atoms with Gasteiger partial charge in [-0.05, 0) is 17.9 Å². The molecule has 0 bridgehead atoms. The maximum absolute atomic E-state index is 12.6. The third-order valence-electron chi connectivity index (χ3n) is 4.92. The minimum atomic E-state index is -0.200. The third-order valence-corrected chi connectivity index (χ3v) is 4.92. The molecule has 1 aliphatic heterocycles. The number of aromatic nitrogens is 2. The SMILES string of the molecule is Cc1[nH][nH]c(=O)c1CC(=O)N1C[C@H](c2ccccc2)C(C)(C)C1. The summed E-state index contributed by atoms with van der Waals surface area (Å²) in [7, 11) is 0. The van der Waals surface area contributed by atoms with Crippen LogP contribution in [-0.2, 0) is 11.2 Å². The molecular formula is C18H23N3O2. The van der Waals surface area contributed by atoms with Gasteiger partial charge in [0.2, 0.25) is 5.91 Å². The predicted molar refractivity (Wildman–Crippen MR) is 89.4 cm³/mol. The van der Waals surface area contributed by atoms with Crippen molar-refractivity contribution in [1.82, 2.24) is 15.1 Å². The van der Waals surface area contributed by atoms with Gasteiger partial charge in [0.05, 0.1) is 6.42 Å². The number of aromatic amines is 2. The molecule has 5 nitrogen and oxygen atoms in total. The Morgan fingerprint density at radius 1 is 1.26 bits per heavy atom. The molecule has 0 radical (unpaired) electrons. The number of carbonyl (C=O) groups is 1. The van der Waals surface area contributed by atoms with E-state index in [4.69, 9.17) is 0 Å². The van der Waals surface area contributed by atoms with Crippen LogP contribution < -0.4 is 5.56 Å². The molecule has 1 aliphatic rings. The van der Waals surface area contributed by atoms with Crippen molar-refractivity contribution < 1.29 is 4.79 Å². The standard InChI is InChI=1S/C18H23N3O2/c1-12-14(17(23)20-19-12)9-16(22)21-10-15(18(2,3)11-21)13-7-5-4-6-8-13/h4-8,15H,9-11H2,1-3H3,(H2,19,20,23)/t15-/m1/s1. The molecule has 0 saturated carbocycles. The highest BCUT2D eigenvalue weighted by Crippen LogP contribution is 2.42. The molecule has 0 aliphatic carbocycles. The molecule has 3 rings (SSSR count). The summed E-state index contributed by atoms with van der Waals surface area (Å²) in [5.74, 6) is 0.336. The van der Waals surface area contributed by atoms with Crippen LogP contribution in [0, 0.1) is 12.3 Å². The maximum atomic E-state index is 12.6. The first-order chi connectivity index (χ1) is 10.9. The van der Waals surface area contributed by atoms with E-state index in [1.54, 1.807) is 6.92 Å². The fourth-order valence-corrected chi connectivity index (χ4v) is 3.51. The first kappa shape index (κ1) is 15.6. The van der Waals surface area contributed by atoms with E-state index in [2.05, 4.69) is 36.2 Å². The smallest absolute Gasteiger partial charge is 0.267 e. The number of rotatable bonds is 3. The van der Waals surface area contributed by atoms with Gasteiger partial charge in [-0.15, -0.1) is 0 Å². The Hall–Kier alpha value is -2.30. The summed E-state index contributed by atoms with van der Waals surface area (Å²) < 4.78 is 0. The number of hydrogen-bond donors (Lipinski definition) is 2. The van der Waals surface area contributed by atoms with Gasteiger partial charge in [0.15, 0.2) is 0 Å². The summed E-state index contributed by atoms with van der Waals surface area (Å²) >= 11 is 0. The molecule has 122 valence electrons. The fourth-order valence-electron chi connectivity index (χ4n) is 3.51. The van der Waals surface area contributed by atoms with E-state index in [9.17, 15) is 9.59 Å². The van der Waals surface area contributed by atoms with E-state index in [1.165, 1.54) is 5.56 Å². The number of carbonyl (C=O) groups excluding carboxylic acids is 1. The van der Waals surface area contributed by atoms with Crippen molar-refractivity contribution in [3.8, 4) is 0 Å². The molecule has 0 unspecified atom stereocenters. The Balaban J connectivity index is 1.78. The second-order valence-corrected chi connectivity index (χ2v) is 7.09.